The van der Waals surface area contributed by atoms with Crippen LogP contribution in [-0.4, -0.2) is 13.5 Å². The summed E-state index contributed by atoms with van der Waals surface area (Å²) in [5.41, 5.74) is 0.433. The van der Waals surface area contributed by atoms with Gasteiger partial charge in [0.1, 0.15) is 10.6 Å². The molecule has 6 heteroatoms. The van der Waals surface area contributed by atoms with Gasteiger partial charge in [-0.15, -0.1) is 0 Å². The molecular weight excluding hydrogens is 226 g/mol. The first-order valence-corrected chi connectivity index (χ1v) is 5.85. The Balaban J connectivity index is 3.61. The lowest BCUT2D eigenvalue weighted by Crippen LogP contribution is -1.94. The number of benzene rings is 1. The molecule has 1 rings (SSSR count). The molecular formula is C8H6ClNO3S. The van der Waals surface area contributed by atoms with E-state index in [1.807, 2.05) is 0 Å². The van der Waals surface area contributed by atoms with E-state index < -0.39 is 19.7 Å². The molecule has 14 heavy (non-hydrogen) atoms. The molecule has 0 bridgehead atoms. The molecule has 1 N–H and O–H groups in total. The Hall–Kier alpha value is -1.25. The van der Waals surface area contributed by atoms with Crippen molar-refractivity contribution in [1.82, 2.24) is 0 Å². The second-order valence-electron chi connectivity index (χ2n) is 2.69. The highest BCUT2D eigenvalue weighted by Gasteiger charge is 2.18. The average Bonchev–Trinajstić information content (AvgIpc) is 2.07. The molecule has 0 unspecified atom stereocenters. The Labute approximate surface area is 85.8 Å². The molecule has 0 aliphatic rings. The van der Waals surface area contributed by atoms with Crippen LogP contribution < -0.4 is 0 Å². The highest BCUT2D eigenvalue weighted by Crippen LogP contribution is 2.30. The van der Waals surface area contributed by atoms with Crippen LogP contribution >= 0.6 is 10.7 Å². The van der Waals surface area contributed by atoms with Gasteiger partial charge >= 0.3 is 0 Å². The number of halogens is 1. The van der Waals surface area contributed by atoms with Gasteiger partial charge in [0.2, 0.25) is 0 Å². The molecule has 0 amide bonds. The van der Waals surface area contributed by atoms with Crippen molar-refractivity contribution < 1.29 is 13.5 Å². The van der Waals surface area contributed by atoms with Gasteiger partial charge in [-0.25, -0.2) is 8.42 Å². The lowest BCUT2D eigenvalue weighted by atomic mass is 10.1. The van der Waals surface area contributed by atoms with Crippen LogP contribution in [0.3, 0.4) is 0 Å². The third kappa shape index (κ3) is 1.97. The number of rotatable bonds is 1. The van der Waals surface area contributed by atoms with Crippen molar-refractivity contribution in [2.45, 2.75) is 11.8 Å². The number of hydrogen-bond donors (Lipinski definition) is 1. The van der Waals surface area contributed by atoms with E-state index >= 15 is 0 Å². The standard InChI is InChI=1S/C8H6ClNO3S/c1-5-2-6(4-10)3-7(8(5)11)14(9,12)13/h2-3,11H,1H3. The zero-order valence-electron chi connectivity index (χ0n) is 7.15. The maximum atomic E-state index is 11.0. The Morgan fingerprint density at radius 2 is 2.07 bits per heavy atom. The van der Waals surface area contributed by atoms with Crippen molar-refractivity contribution in [3.63, 3.8) is 0 Å². The SMILES string of the molecule is Cc1cc(C#N)cc(S(=O)(=O)Cl)c1O. The summed E-state index contributed by atoms with van der Waals surface area (Å²) in [7, 11) is 1.05. The molecule has 1 aromatic carbocycles. The van der Waals surface area contributed by atoms with Gasteiger partial charge in [0.15, 0.2) is 0 Å². The first kappa shape index (κ1) is 10.8. The molecule has 4 nitrogen and oxygen atoms in total. The fourth-order valence-electron chi connectivity index (χ4n) is 0.998. The maximum absolute atomic E-state index is 11.0. The first-order chi connectivity index (χ1) is 6.36. The summed E-state index contributed by atoms with van der Waals surface area (Å²) in [4.78, 5) is -0.435. The van der Waals surface area contributed by atoms with Gasteiger partial charge in [-0.2, -0.15) is 5.26 Å². The van der Waals surface area contributed by atoms with Crippen molar-refractivity contribution in [3.05, 3.63) is 23.3 Å². The highest BCUT2D eigenvalue weighted by molar-refractivity contribution is 8.13. The minimum Gasteiger partial charge on any atom is -0.506 e. The Morgan fingerprint density at radius 1 is 1.50 bits per heavy atom. The summed E-state index contributed by atoms with van der Waals surface area (Å²) < 4.78 is 21.9. The molecule has 0 atom stereocenters. The van der Waals surface area contributed by atoms with E-state index in [1.54, 1.807) is 6.07 Å². The monoisotopic (exact) mass is 231 g/mol. The number of phenols is 1. The largest absolute Gasteiger partial charge is 0.506 e. The summed E-state index contributed by atoms with van der Waals surface area (Å²) >= 11 is 0. The van der Waals surface area contributed by atoms with Gasteiger partial charge in [-0.1, -0.05) is 0 Å². The maximum Gasteiger partial charge on any atom is 0.265 e. The van der Waals surface area contributed by atoms with Crippen LogP contribution in [0.1, 0.15) is 11.1 Å². The summed E-state index contributed by atoms with van der Waals surface area (Å²) in [5.74, 6) is -0.418. The summed E-state index contributed by atoms with van der Waals surface area (Å²) in [6.07, 6.45) is 0. The van der Waals surface area contributed by atoms with Crippen molar-refractivity contribution >= 4 is 19.7 Å². The molecule has 0 spiro atoms. The Bertz CT molecular complexity index is 516. The molecule has 0 aliphatic heterocycles. The van der Waals surface area contributed by atoms with Gasteiger partial charge in [0, 0.05) is 10.7 Å². The van der Waals surface area contributed by atoms with Crippen LogP contribution in [0, 0.1) is 18.3 Å². The molecule has 0 aliphatic carbocycles. The molecule has 0 aromatic heterocycles. The van der Waals surface area contributed by atoms with Crippen LogP contribution in [0.5, 0.6) is 5.75 Å². The second-order valence-corrected chi connectivity index (χ2v) is 5.22. The van der Waals surface area contributed by atoms with Gasteiger partial charge in [0.05, 0.1) is 11.6 Å². The second kappa shape index (κ2) is 3.48. The molecule has 0 saturated carbocycles. The topological polar surface area (TPSA) is 78.2 Å². The predicted octanol–water partition coefficient (Wildman–Crippen LogP) is 1.50. The van der Waals surface area contributed by atoms with Crippen molar-refractivity contribution in [2.75, 3.05) is 0 Å². The minimum atomic E-state index is -4.02. The molecule has 0 saturated heterocycles. The van der Waals surface area contributed by atoms with E-state index in [1.165, 1.54) is 13.0 Å². The zero-order chi connectivity index (χ0) is 10.9. The number of aryl methyl sites for hydroxylation is 1. The summed E-state index contributed by atoms with van der Waals surface area (Å²) in [6, 6.07) is 4.18. The molecule has 0 heterocycles. The van der Waals surface area contributed by atoms with Crippen molar-refractivity contribution in [2.24, 2.45) is 0 Å². The Morgan fingerprint density at radius 3 is 2.50 bits per heavy atom. The van der Waals surface area contributed by atoms with Crippen LogP contribution in [0.25, 0.3) is 0 Å². The predicted molar refractivity (Wildman–Crippen MR) is 50.6 cm³/mol. The van der Waals surface area contributed by atoms with Gasteiger partial charge in [-0.3, -0.25) is 0 Å². The summed E-state index contributed by atoms with van der Waals surface area (Å²) in [5, 5.41) is 18.0. The van der Waals surface area contributed by atoms with Gasteiger partial charge < -0.3 is 5.11 Å². The lowest BCUT2D eigenvalue weighted by molar-refractivity contribution is 0.455. The molecule has 1 aromatic rings. The third-order valence-electron chi connectivity index (χ3n) is 1.66. The van der Waals surface area contributed by atoms with Gasteiger partial charge in [-0.05, 0) is 24.6 Å². The van der Waals surface area contributed by atoms with E-state index in [2.05, 4.69) is 0 Å². The number of aromatic hydroxyl groups is 1. The molecule has 0 fully saturated rings. The van der Waals surface area contributed by atoms with E-state index in [4.69, 9.17) is 15.9 Å². The lowest BCUT2D eigenvalue weighted by Gasteiger charge is -2.04. The summed E-state index contributed by atoms with van der Waals surface area (Å²) in [6.45, 7) is 1.49. The first-order valence-electron chi connectivity index (χ1n) is 3.54. The van der Waals surface area contributed by atoms with E-state index in [0.717, 1.165) is 6.07 Å². The fraction of sp³-hybridized carbons (Fsp3) is 0.125. The number of nitrogens with zero attached hydrogens (tertiary/aromatic N) is 1. The van der Waals surface area contributed by atoms with E-state index in [-0.39, 0.29) is 5.56 Å². The van der Waals surface area contributed by atoms with Crippen LogP contribution in [0.4, 0.5) is 0 Å². The minimum absolute atomic E-state index is 0.138. The Kier molecular flexibility index (Phi) is 2.69. The normalized spacial score (nSPS) is 10.9. The number of hydrogen-bond acceptors (Lipinski definition) is 4. The highest BCUT2D eigenvalue weighted by atomic mass is 35.7. The van der Waals surface area contributed by atoms with Crippen molar-refractivity contribution in [1.29, 1.82) is 5.26 Å². The fourth-order valence-corrected chi connectivity index (χ4v) is 2.01. The zero-order valence-corrected chi connectivity index (χ0v) is 8.72. The van der Waals surface area contributed by atoms with Crippen LogP contribution in [0.2, 0.25) is 0 Å². The smallest absolute Gasteiger partial charge is 0.265 e. The molecule has 74 valence electrons. The van der Waals surface area contributed by atoms with Gasteiger partial charge in [0.25, 0.3) is 9.05 Å². The molecule has 0 radical (unpaired) electrons. The van der Waals surface area contributed by atoms with Crippen molar-refractivity contribution in [3.8, 4) is 11.8 Å². The number of nitriles is 1. The van der Waals surface area contributed by atoms with E-state index in [0.29, 0.717) is 5.56 Å². The number of phenolic OH excluding ortho intramolecular Hbond substituents is 1. The third-order valence-corrected chi connectivity index (χ3v) is 2.99. The average molecular weight is 232 g/mol. The van der Waals surface area contributed by atoms with E-state index in [9.17, 15) is 13.5 Å². The quantitative estimate of drug-likeness (QED) is 0.743. The van der Waals surface area contributed by atoms with Crippen LogP contribution in [0.15, 0.2) is 17.0 Å². The van der Waals surface area contributed by atoms with Crippen LogP contribution in [-0.2, 0) is 9.05 Å².